The van der Waals surface area contributed by atoms with Crippen molar-refractivity contribution < 1.29 is 9.36 Å². The maximum atomic E-state index is 11.8. The molecule has 1 saturated carbocycles. The first-order valence-electron chi connectivity index (χ1n) is 5.13. The summed E-state index contributed by atoms with van der Waals surface area (Å²) in [5, 5.41) is 0.538. The second-order valence-corrected chi connectivity index (χ2v) is 5.18. The predicted molar refractivity (Wildman–Crippen MR) is 62.7 cm³/mol. The van der Waals surface area contributed by atoms with Gasteiger partial charge in [-0.15, -0.1) is 11.6 Å². The summed E-state index contributed by atoms with van der Waals surface area (Å²) in [5.74, 6) is 0.0393. The van der Waals surface area contributed by atoms with Crippen LogP contribution in [-0.4, -0.2) is 15.2 Å². The molecule has 1 aliphatic rings. The fourth-order valence-corrected chi connectivity index (χ4v) is 1.91. The number of imidazole rings is 1. The molecular formula is C11H13Cl2N2O+. The number of carbonyl (C=O) groups excluding carboxylic acids is 1. The summed E-state index contributed by atoms with van der Waals surface area (Å²) in [5.41, 5.74) is 0. The lowest BCUT2D eigenvalue weighted by molar-refractivity contribution is -0.681. The summed E-state index contributed by atoms with van der Waals surface area (Å²) < 4.78 is 3.58. The second-order valence-electron chi connectivity index (χ2n) is 4.07. The van der Waals surface area contributed by atoms with E-state index in [0.717, 1.165) is 12.8 Å². The fourth-order valence-electron chi connectivity index (χ4n) is 1.53. The second kappa shape index (κ2) is 4.22. The van der Waals surface area contributed by atoms with E-state index in [4.69, 9.17) is 23.2 Å². The van der Waals surface area contributed by atoms with Gasteiger partial charge in [-0.1, -0.05) is 12.7 Å². The maximum Gasteiger partial charge on any atom is 0.245 e. The van der Waals surface area contributed by atoms with Crippen molar-refractivity contribution in [1.29, 1.82) is 0 Å². The SMILES string of the molecule is C=CCn1cc(Cl)[n+](CC(=O)C2(Cl)CC2)c1. The minimum absolute atomic E-state index is 0.0393. The van der Waals surface area contributed by atoms with Crippen molar-refractivity contribution in [3.05, 3.63) is 30.3 Å². The molecular weight excluding hydrogens is 247 g/mol. The average Bonchev–Trinajstić information content (AvgIpc) is 2.88. The van der Waals surface area contributed by atoms with Gasteiger partial charge in [0, 0.05) is 0 Å². The molecule has 0 N–H and O–H groups in total. The summed E-state index contributed by atoms with van der Waals surface area (Å²) in [6.45, 7) is 4.56. The molecule has 0 radical (unpaired) electrons. The van der Waals surface area contributed by atoms with Gasteiger partial charge in [-0.2, -0.15) is 0 Å². The Morgan fingerprint density at radius 3 is 2.94 bits per heavy atom. The molecule has 86 valence electrons. The fraction of sp³-hybridized carbons (Fsp3) is 0.455. The van der Waals surface area contributed by atoms with Crippen molar-refractivity contribution in [1.82, 2.24) is 4.57 Å². The Kier molecular flexibility index (Phi) is 3.08. The lowest BCUT2D eigenvalue weighted by Crippen LogP contribution is -2.40. The normalized spacial score (nSPS) is 17.1. The van der Waals surface area contributed by atoms with Crippen LogP contribution in [0.3, 0.4) is 0 Å². The van der Waals surface area contributed by atoms with Crippen LogP contribution in [0.15, 0.2) is 25.2 Å². The number of alkyl halides is 1. The van der Waals surface area contributed by atoms with Crippen molar-refractivity contribution in [2.75, 3.05) is 0 Å². The van der Waals surface area contributed by atoms with E-state index in [0.29, 0.717) is 11.7 Å². The highest BCUT2D eigenvalue weighted by Crippen LogP contribution is 2.43. The largest absolute Gasteiger partial charge is 0.293 e. The molecule has 0 unspecified atom stereocenters. The third kappa shape index (κ3) is 2.30. The Bertz CT molecular complexity index is 435. The number of Topliss-reactive ketones (excluding diaryl/α,β-unsaturated/α-hetero) is 1. The van der Waals surface area contributed by atoms with Gasteiger partial charge in [-0.05, 0) is 24.4 Å². The van der Waals surface area contributed by atoms with Crippen molar-refractivity contribution in [3.8, 4) is 0 Å². The molecule has 1 aliphatic carbocycles. The van der Waals surface area contributed by atoms with Crippen LogP contribution in [0.4, 0.5) is 0 Å². The summed E-state index contributed by atoms with van der Waals surface area (Å²) in [6, 6.07) is 0. The smallest absolute Gasteiger partial charge is 0.245 e. The number of hydrogen-bond acceptors (Lipinski definition) is 1. The highest BCUT2D eigenvalue weighted by molar-refractivity contribution is 6.37. The number of nitrogens with zero attached hydrogens (tertiary/aromatic N) is 2. The lowest BCUT2D eigenvalue weighted by Gasteiger charge is -2.02. The number of allylic oxidation sites excluding steroid dienone is 1. The zero-order valence-electron chi connectivity index (χ0n) is 8.83. The molecule has 16 heavy (non-hydrogen) atoms. The van der Waals surface area contributed by atoms with Gasteiger partial charge in [-0.3, -0.25) is 4.79 Å². The Labute approximate surface area is 104 Å². The number of carbonyl (C=O) groups is 1. The molecule has 0 atom stereocenters. The van der Waals surface area contributed by atoms with Gasteiger partial charge in [0.15, 0.2) is 12.3 Å². The summed E-state index contributed by atoms with van der Waals surface area (Å²) in [4.78, 5) is 11.2. The highest BCUT2D eigenvalue weighted by Gasteiger charge is 2.48. The molecule has 1 aromatic rings. The predicted octanol–water partition coefficient (Wildman–Crippen LogP) is 1.96. The van der Waals surface area contributed by atoms with Crippen molar-refractivity contribution >= 4 is 29.0 Å². The van der Waals surface area contributed by atoms with Gasteiger partial charge >= 0.3 is 0 Å². The standard InChI is InChI=1S/C11H13Cl2N2O/c1-2-5-14-7-10(12)15(8-14)6-9(16)11(13)3-4-11/h2,7-8H,1,3-6H2/q+1. The average molecular weight is 260 g/mol. The van der Waals surface area contributed by atoms with Crippen LogP contribution >= 0.6 is 23.2 Å². The van der Waals surface area contributed by atoms with Crippen LogP contribution in [0.25, 0.3) is 0 Å². The Balaban J connectivity index is 2.08. The van der Waals surface area contributed by atoms with E-state index >= 15 is 0 Å². The van der Waals surface area contributed by atoms with Crippen LogP contribution in [0, 0.1) is 0 Å². The molecule has 0 spiro atoms. The number of aromatic nitrogens is 2. The minimum atomic E-state index is -0.614. The molecule has 3 nitrogen and oxygen atoms in total. The van der Waals surface area contributed by atoms with Crippen molar-refractivity contribution in [2.45, 2.75) is 30.8 Å². The molecule has 1 aromatic heterocycles. The molecule has 0 aromatic carbocycles. The van der Waals surface area contributed by atoms with E-state index in [1.54, 1.807) is 23.2 Å². The summed E-state index contributed by atoms with van der Waals surface area (Å²) in [6.07, 6.45) is 6.89. The lowest BCUT2D eigenvalue weighted by atomic mass is 10.2. The van der Waals surface area contributed by atoms with Gasteiger partial charge in [0.2, 0.25) is 11.5 Å². The minimum Gasteiger partial charge on any atom is -0.293 e. The van der Waals surface area contributed by atoms with Crippen LogP contribution in [0.2, 0.25) is 5.15 Å². The van der Waals surface area contributed by atoms with Crippen molar-refractivity contribution in [2.24, 2.45) is 0 Å². The van der Waals surface area contributed by atoms with E-state index in [1.807, 2.05) is 4.57 Å². The van der Waals surface area contributed by atoms with E-state index < -0.39 is 4.87 Å². The first kappa shape index (κ1) is 11.7. The van der Waals surface area contributed by atoms with Crippen LogP contribution < -0.4 is 4.57 Å². The molecule has 1 heterocycles. The molecule has 0 saturated heterocycles. The number of rotatable bonds is 5. The quantitative estimate of drug-likeness (QED) is 0.451. The Morgan fingerprint density at radius 2 is 2.38 bits per heavy atom. The van der Waals surface area contributed by atoms with Crippen LogP contribution in [0.1, 0.15) is 12.8 Å². The maximum absolute atomic E-state index is 11.8. The molecule has 5 heteroatoms. The summed E-state index contributed by atoms with van der Waals surface area (Å²) >= 11 is 12.0. The number of halogens is 2. The van der Waals surface area contributed by atoms with Crippen molar-refractivity contribution in [3.63, 3.8) is 0 Å². The third-order valence-corrected chi connectivity index (χ3v) is 3.58. The Hall–Kier alpha value is -0.800. The molecule has 0 aliphatic heterocycles. The molecule has 0 bridgehead atoms. The zero-order valence-corrected chi connectivity index (χ0v) is 10.3. The van der Waals surface area contributed by atoms with E-state index in [1.165, 1.54) is 0 Å². The number of ketones is 1. The van der Waals surface area contributed by atoms with Crippen LogP contribution in [-0.2, 0) is 17.9 Å². The summed E-state index contributed by atoms with van der Waals surface area (Å²) in [7, 11) is 0. The highest BCUT2D eigenvalue weighted by atomic mass is 35.5. The molecule has 2 rings (SSSR count). The van der Waals surface area contributed by atoms with Gasteiger partial charge < -0.3 is 0 Å². The monoisotopic (exact) mass is 259 g/mol. The van der Waals surface area contributed by atoms with E-state index in [9.17, 15) is 4.79 Å². The van der Waals surface area contributed by atoms with E-state index in [-0.39, 0.29) is 12.3 Å². The van der Waals surface area contributed by atoms with Gasteiger partial charge in [0.1, 0.15) is 17.6 Å². The third-order valence-electron chi connectivity index (χ3n) is 2.68. The number of hydrogen-bond donors (Lipinski definition) is 0. The van der Waals surface area contributed by atoms with Gasteiger partial charge in [0.05, 0.1) is 0 Å². The molecule has 0 amide bonds. The Morgan fingerprint density at radius 1 is 1.69 bits per heavy atom. The van der Waals surface area contributed by atoms with Gasteiger partial charge in [-0.25, -0.2) is 9.13 Å². The van der Waals surface area contributed by atoms with E-state index in [2.05, 4.69) is 6.58 Å². The van der Waals surface area contributed by atoms with Crippen LogP contribution in [0.5, 0.6) is 0 Å². The molecule has 1 fully saturated rings. The zero-order chi connectivity index (χ0) is 11.8. The first-order valence-corrected chi connectivity index (χ1v) is 5.88. The topological polar surface area (TPSA) is 25.9 Å². The first-order chi connectivity index (χ1) is 7.55. The van der Waals surface area contributed by atoms with Gasteiger partial charge in [0.25, 0.3) is 0 Å².